The largest absolute Gasteiger partial charge is 0.361 e. The van der Waals surface area contributed by atoms with Crippen molar-refractivity contribution in [2.24, 2.45) is 0 Å². The summed E-state index contributed by atoms with van der Waals surface area (Å²) in [6.07, 6.45) is 6.88. The number of hydrogen-bond acceptors (Lipinski definition) is 6. The van der Waals surface area contributed by atoms with Gasteiger partial charge in [0, 0.05) is 6.54 Å². The highest BCUT2D eigenvalue weighted by Crippen LogP contribution is 2.24. The van der Waals surface area contributed by atoms with Gasteiger partial charge in [0.05, 0.1) is 4.92 Å². The van der Waals surface area contributed by atoms with E-state index in [1.54, 1.807) is 0 Å². The third-order valence-electron chi connectivity index (χ3n) is 1.97. The molecule has 1 aromatic rings. The van der Waals surface area contributed by atoms with Crippen LogP contribution in [0.3, 0.4) is 0 Å². The highest BCUT2D eigenvalue weighted by atomic mass is 32.2. The minimum atomic E-state index is -0.415. The molecule has 90 valence electrons. The summed E-state index contributed by atoms with van der Waals surface area (Å²) in [6, 6.07) is 0. The Labute approximate surface area is 103 Å². The molecular formula is C9H15N3O2S2. The quantitative estimate of drug-likeness (QED) is 0.442. The summed E-state index contributed by atoms with van der Waals surface area (Å²) in [6.45, 7) is 0.832. The van der Waals surface area contributed by atoms with Crippen LogP contribution in [0, 0.1) is 10.1 Å². The Kier molecular flexibility index (Phi) is 6.17. The summed E-state index contributed by atoms with van der Waals surface area (Å²) in [4.78, 5) is 13.9. The lowest BCUT2D eigenvalue weighted by Gasteiger charge is -2.01. The van der Waals surface area contributed by atoms with Gasteiger partial charge in [-0.2, -0.15) is 11.8 Å². The van der Waals surface area contributed by atoms with E-state index in [0.29, 0.717) is 5.13 Å². The molecule has 0 radical (unpaired) electrons. The number of nitrogens with one attached hydrogen (secondary N) is 1. The molecule has 1 heterocycles. The van der Waals surface area contributed by atoms with Gasteiger partial charge in [0.1, 0.15) is 6.20 Å². The maximum absolute atomic E-state index is 10.4. The first-order valence-corrected chi connectivity index (χ1v) is 7.28. The third-order valence-corrected chi connectivity index (χ3v) is 3.58. The Morgan fingerprint density at radius 1 is 1.56 bits per heavy atom. The summed E-state index contributed by atoms with van der Waals surface area (Å²) in [7, 11) is 0. The van der Waals surface area contributed by atoms with E-state index >= 15 is 0 Å². The average molecular weight is 261 g/mol. The van der Waals surface area contributed by atoms with Gasteiger partial charge in [-0.1, -0.05) is 6.42 Å². The maximum atomic E-state index is 10.4. The second-order valence-electron chi connectivity index (χ2n) is 3.24. The van der Waals surface area contributed by atoms with Gasteiger partial charge in [-0.3, -0.25) is 10.1 Å². The number of thioether (sulfide) groups is 1. The first-order chi connectivity index (χ1) is 7.74. The summed E-state index contributed by atoms with van der Waals surface area (Å²) in [5, 5.41) is 14.2. The molecule has 0 aliphatic heterocycles. The number of hydrogen-bond donors (Lipinski definition) is 1. The summed E-state index contributed by atoms with van der Waals surface area (Å²) >= 11 is 2.94. The van der Waals surface area contributed by atoms with Gasteiger partial charge in [0.2, 0.25) is 0 Å². The zero-order valence-corrected chi connectivity index (χ0v) is 10.8. The van der Waals surface area contributed by atoms with Crippen molar-refractivity contribution in [3.05, 3.63) is 16.3 Å². The first kappa shape index (κ1) is 13.2. The van der Waals surface area contributed by atoms with Crippen molar-refractivity contribution < 1.29 is 4.92 Å². The van der Waals surface area contributed by atoms with E-state index in [1.807, 2.05) is 11.8 Å². The monoisotopic (exact) mass is 261 g/mol. The highest BCUT2D eigenvalue weighted by molar-refractivity contribution is 7.98. The average Bonchev–Trinajstić information content (AvgIpc) is 2.72. The van der Waals surface area contributed by atoms with Gasteiger partial charge < -0.3 is 5.32 Å². The smallest absolute Gasteiger partial charge is 0.345 e. The highest BCUT2D eigenvalue weighted by Gasteiger charge is 2.10. The van der Waals surface area contributed by atoms with Crippen LogP contribution >= 0.6 is 23.1 Å². The SMILES string of the molecule is CSCCCCCNc1ncc([N+](=O)[O-])s1. The number of nitrogens with zero attached hydrogens (tertiary/aromatic N) is 2. The van der Waals surface area contributed by atoms with Gasteiger partial charge in [0.25, 0.3) is 0 Å². The molecule has 1 rings (SSSR count). The lowest BCUT2D eigenvalue weighted by Crippen LogP contribution is -2.00. The summed E-state index contributed by atoms with van der Waals surface area (Å²) in [5.74, 6) is 1.20. The van der Waals surface area contributed by atoms with Crippen LogP contribution in [0.1, 0.15) is 19.3 Å². The fraction of sp³-hybridized carbons (Fsp3) is 0.667. The Balaban J connectivity index is 2.14. The Morgan fingerprint density at radius 2 is 2.38 bits per heavy atom. The minimum Gasteiger partial charge on any atom is -0.361 e. The van der Waals surface area contributed by atoms with Crippen molar-refractivity contribution >= 4 is 33.2 Å². The van der Waals surface area contributed by atoms with Crippen molar-refractivity contribution in [2.45, 2.75) is 19.3 Å². The van der Waals surface area contributed by atoms with E-state index in [2.05, 4.69) is 16.6 Å². The van der Waals surface area contributed by atoms with Crippen LogP contribution in [0.4, 0.5) is 10.1 Å². The number of thiazole rings is 1. The predicted molar refractivity (Wildman–Crippen MR) is 69.5 cm³/mol. The van der Waals surface area contributed by atoms with Gasteiger partial charge in [0.15, 0.2) is 5.13 Å². The topological polar surface area (TPSA) is 68.1 Å². The molecule has 0 aliphatic rings. The van der Waals surface area contributed by atoms with Crippen molar-refractivity contribution in [3.63, 3.8) is 0 Å². The van der Waals surface area contributed by atoms with E-state index in [-0.39, 0.29) is 5.00 Å². The predicted octanol–water partition coefficient (Wildman–Crippen LogP) is 3.00. The van der Waals surface area contributed by atoms with Crippen LogP contribution in [-0.4, -0.2) is 28.5 Å². The molecular weight excluding hydrogens is 246 g/mol. The van der Waals surface area contributed by atoms with Crippen molar-refractivity contribution in [2.75, 3.05) is 23.9 Å². The molecule has 0 saturated heterocycles. The molecule has 0 aliphatic carbocycles. The second-order valence-corrected chi connectivity index (χ2v) is 5.24. The van der Waals surface area contributed by atoms with Crippen LogP contribution in [0.2, 0.25) is 0 Å². The van der Waals surface area contributed by atoms with Crippen LogP contribution in [0.5, 0.6) is 0 Å². The van der Waals surface area contributed by atoms with Gasteiger partial charge in [-0.05, 0) is 36.2 Å². The Hall–Kier alpha value is -0.820. The molecule has 0 aromatic carbocycles. The molecule has 0 amide bonds. The Bertz CT molecular complexity index is 330. The van der Waals surface area contributed by atoms with E-state index in [4.69, 9.17) is 0 Å². The number of rotatable bonds is 8. The van der Waals surface area contributed by atoms with Crippen molar-refractivity contribution in [3.8, 4) is 0 Å². The standard InChI is InChI=1S/C9H15N3O2S2/c1-15-6-4-2-3-5-10-9-11-7-8(16-9)12(13)14/h7H,2-6H2,1H3,(H,10,11). The fourth-order valence-electron chi connectivity index (χ4n) is 1.18. The van der Waals surface area contributed by atoms with Crippen LogP contribution < -0.4 is 5.32 Å². The van der Waals surface area contributed by atoms with Crippen LogP contribution in [0.15, 0.2) is 6.20 Å². The maximum Gasteiger partial charge on any atom is 0.345 e. The third kappa shape index (κ3) is 4.80. The molecule has 0 fully saturated rings. The van der Waals surface area contributed by atoms with E-state index in [1.165, 1.54) is 24.8 Å². The molecule has 0 bridgehead atoms. The molecule has 5 nitrogen and oxygen atoms in total. The number of nitro groups is 1. The Morgan fingerprint density at radius 3 is 3.00 bits per heavy atom. The first-order valence-electron chi connectivity index (χ1n) is 5.07. The molecule has 0 saturated carbocycles. The second kappa shape index (κ2) is 7.45. The number of aromatic nitrogens is 1. The minimum absolute atomic E-state index is 0.0879. The zero-order chi connectivity index (χ0) is 11.8. The molecule has 0 spiro atoms. The van der Waals surface area contributed by atoms with Gasteiger partial charge in [-0.25, -0.2) is 4.98 Å². The van der Waals surface area contributed by atoms with Crippen LogP contribution in [0.25, 0.3) is 0 Å². The molecule has 1 aromatic heterocycles. The number of anilines is 1. The normalized spacial score (nSPS) is 10.3. The van der Waals surface area contributed by atoms with E-state index in [0.717, 1.165) is 24.3 Å². The van der Waals surface area contributed by atoms with Crippen molar-refractivity contribution in [1.29, 1.82) is 0 Å². The van der Waals surface area contributed by atoms with Crippen LogP contribution in [-0.2, 0) is 0 Å². The van der Waals surface area contributed by atoms with E-state index in [9.17, 15) is 10.1 Å². The summed E-state index contributed by atoms with van der Waals surface area (Å²) in [5.41, 5.74) is 0. The van der Waals surface area contributed by atoms with Crippen molar-refractivity contribution in [1.82, 2.24) is 4.98 Å². The summed E-state index contributed by atoms with van der Waals surface area (Å²) < 4.78 is 0. The molecule has 1 N–H and O–H groups in total. The molecule has 16 heavy (non-hydrogen) atoms. The zero-order valence-electron chi connectivity index (χ0n) is 9.14. The van der Waals surface area contributed by atoms with Gasteiger partial charge in [-0.15, -0.1) is 0 Å². The lowest BCUT2D eigenvalue weighted by molar-refractivity contribution is -0.380. The molecule has 0 unspecified atom stereocenters. The molecule has 0 atom stereocenters. The molecule has 7 heteroatoms. The lowest BCUT2D eigenvalue weighted by atomic mass is 10.2. The van der Waals surface area contributed by atoms with Gasteiger partial charge >= 0.3 is 5.00 Å². The fourth-order valence-corrected chi connectivity index (χ4v) is 2.33. The van der Waals surface area contributed by atoms with E-state index < -0.39 is 4.92 Å². The number of unbranched alkanes of at least 4 members (excludes halogenated alkanes) is 2.